The molecule has 2 aliphatic heterocycles. The van der Waals surface area contributed by atoms with Crippen molar-refractivity contribution in [2.45, 2.75) is 43.8 Å². The minimum Gasteiger partial charge on any atom is -0.397 e. The molecule has 0 saturated carbocycles. The van der Waals surface area contributed by atoms with Crippen molar-refractivity contribution in [3.63, 3.8) is 0 Å². The second-order valence-corrected chi connectivity index (χ2v) is 10.6. The smallest absolute Gasteiger partial charge is 0.243 e. The molecule has 0 unspecified atom stereocenters. The van der Waals surface area contributed by atoms with Crippen LogP contribution < -0.4 is 21.7 Å². The number of nitrogens with zero attached hydrogens (tertiary/aromatic N) is 1. The third-order valence-electron chi connectivity index (χ3n) is 7.94. The van der Waals surface area contributed by atoms with Crippen LogP contribution in [0.1, 0.15) is 35.4 Å². The van der Waals surface area contributed by atoms with Crippen molar-refractivity contribution in [3.8, 4) is 0 Å². The number of carbonyl (C=O) groups is 2. The van der Waals surface area contributed by atoms with Crippen LogP contribution in [0.5, 0.6) is 0 Å². The van der Waals surface area contributed by atoms with Gasteiger partial charge >= 0.3 is 0 Å². The molecule has 0 aromatic heterocycles. The van der Waals surface area contributed by atoms with Gasteiger partial charge in [0.1, 0.15) is 11.9 Å². The average Bonchev–Trinajstić information content (AvgIpc) is 3.60. The summed E-state index contributed by atoms with van der Waals surface area (Å²) in [6.07, 6.45) is 1.83. The lowest BCUT2D eigenvalue weighted by Gasteiger charge is -2.27. The Hall–Kier alpha value is -3.91. The van der Waals surface area contributed by atoms with Crippen LogP contribution in [-0.2, 0) is 22.6 Å². The first-order valence-electron chi connectivity index (χ1n) is 13.6. The van der Waals surface area contributed by atoms with Gasteiger partial charge in [0.05, 0.1) is 17.4 Å². The molecule has 8 heteroatoms. The van der Waals surface area contributed by atoms with E-state index in [4.69, 9.17) is 5.73 Å². The van der Waals surface area contributed by atoms with Gasteiger partial charge in [-0.25, -0.2) is 4.39 Å². The summed E-state index contributed by atoms with van der Waals surface area (Å²) >= 11 is 0. The molecule has 0 aliphatic carbocycles. The number of likely N-dealkylation sites (tertiary alicyclic amines) is 1. The number of benzene rings is 3. The molecule has 3 aromatic carbocycles. The lowest BCUT2D eigenvalue weighted by Crippen LogP contribution is -2.51. The monoisotopic (exact) mass is 529 g/mol. The highest BCUT2D eigenvalue weighted by Crippen LogP contribution is 2.31. The Kier molecular flexibility index (Phi) is 8.12. The molecule has 4 atom stereocenters. The van der Waals surface area contributed by atoms with Crippen LogP contribution in [0.3, 0.4) is 0 Å². The van der Waals surface area contributed by atoms with Gasteiger partial charge in [-0.1, -0.05) is 48.5 Å². The molecule has 204 valence electrons. The molecule has 2 heterocycles. The summed E-state index contributed by atoms with van der Waals surface area (Å²) < 4.78 is 13.8. The van der Waals surface area contributed by atoms with Crippen molar-refractivity contribution in [3.05, 3.63) is 95.3 Å². The van der Waals surface area contributed by atoms with Crippen molar-refractivity contribution in [2.24, 2.45) is 5.92 Å². The molecule has 2 amide bonds. The average molecular weight is 530 g/mol. The van der Waals surface area contributed by atoms with Gasteiger partial charge in [0, 0.05) is 26.7 Å². The lowest BCUT2D eigenvalue weighted by molar-refractivity contribution is -0.139. The number of hydrogen-bond donors (Lipinski definition) is 4. The normalized spacial score (nSPS) is 22.6. The van der Waals surface area contributed by atoms with Gasteiger partial charge in [0.25, 0.3) is 0 Å². The van der Waals surface area contributed by atoms with Crippen LogP contribution in [-0.4, -0.2) is 48.9 Å². The van der Waals surface area contributed by atoms with Crippen molar-refractivity contribution in [2.75, 3.05) is 31.2 Å². The summed E-state index contributed by atoms with van der Waals surface area (Å²) in [5.41, 5.74) is 10.5. The van der Waals surface area contributed by atoms with Gasteiger partial charge in [-0.3, -0.25) is 9.59 Å². The topological polar surface area (TPSA) is 99.5 Å². The SMILES string of the molecule is CNc1ccc(CNC(=O)[C@@H]2C[C@@H](Cc3cccc(F)c3)CN2C(=O)[C@H]2C[C@@H](c3ccccc3)CN2)cc1N. The number of nitrogen functional groups attached to an aromatic ring is 1. The molecule has 7 nitrogen and oxygen atoms in total. The van der Waals surface area contributed by atoms with E-state index < -0.39 is 6.04 Å². The maximum Gasteiger partial charge on any atom is 0.243 e. The minimum atomic E-state index is -0.581. The quantitative estimate of drug-likeness (QED) is 0.334. The largest absolute Gasteiger partial charge is 0.397 e. The highest BCUT2D eigenvalue weighted by atomic mass is 19.1. The van der Waals surface area contributed by atoms with Crippen LogP contribution >= 0.6 is 0 Å². The number of nitrogens with two attached hydrogens (primary N) is 1. The molecule has 0 spiro atoms. The first-order valence-corrected chi connectivity index (χ1v) is 13.6. The van der Waals surface area contributed by atoms with Crippen LogP contribution in [0.25, 0.3) is 0 Å². The summed E-state index contributed by atoms with van der Waals surface area (Å²) in [6, 6.07) is 21.5. The Morgan fingerprint density at radius 3 is 2.59 bits per heavy atom. The maximum atomic E-state index is 13.8. The predicted molar refractivity (Wildman–Crippen MR) is 152 cm³/mol. The van der Waals surface area contributed by atoms with E-state index in [1.54, 1.807) is 18.0 Å². The second kappa shape index (κ2) is 11.9. The van der Waals surface area contributed by atoms with Crippen LogP contribution in [0, 0.1) is 11.7 Å². The highest BCUT2D eigenvalue weighted by molar-refractivity contribution is 5.90. The third kappa shape index (κ3) is 6.23. The predicted octanol–water partition coefficient (Wildman–Crippen LogP) is 3.67. The van der Waals surface area contributed by atoms with Crippen molar-refractivity contribution < 1.29 is 14.0 Å². The van der Waals surface area contributed by atoms with E-state index in [1.807, 2.05) is 42.5 Å². The minimum absolute atomic E-state index is 0.0436. The van der Waals surface area contributed by atoms with Gasteiger partial charge in [0.2, 0.25) is 11.8 Å². The van der Waals surface area contributed by atoms with Gasteiger partial charge in [0.15, 0.2) is 0 Å². The van der Waals surface area contributed by atoms with Crippen molar-refractivity contribution >= 4 is 23.2 Å². The molecule has 0 radical (unpaired) electrons. The number of hydrogen-bond acceptors (Lipinski definition) is 5. The summed E-state index contributed by atoms with van der Waals surface area (Å²) in [4.78, 5) is 29.0. The zero-order chi connectivity index (χ0) is 27.4. The van der Waals surface area contributed by atoms with E-state index in [1.165, 1.54) is 17.7 Å². The molecule has 2 aliphatic rings. The van der Waals surface area contributed by atoms with E-state index >= 15 is 0 Å². The summed E-state index contributed by atoms with van der Waals surface area (Å²) in [6.45, 7) is 1.51. The number of nitrogens with one attached hydrogen (secondary N) is 3. The molecule has 3 aromatic rings. The lowest BCUT2D eigenvalue weighted by atomic mass is 9.96. The molecular formula is C31H36FN5O2. The molecule has 39 heavy (non-hydrogen) atoms. The molecule has 5 N–H and O–H groups in total. The third-order valence-corrected chi connectivity index (χ3v) is 7.94. The van der Waals surface area contributed by atoms with Gasteiger partial charge < -0.3 is 26.6 Å². The van der Waals surface area contributed by atoms with E-state index in [0.29, 0.717) is 38.0 Å². The summed E-state index contributed by atoms with van der Waals surface area (Å²) in [5.74, 6) is -0.192. The zero-order valence-electron chi connectivity index (χ0n) is 22.2. The molecule has 2 fully saturated rings. The highest BCUT2D eigenvalue weighted by Gasteiger charge is 2.43. The van der Waals surface area contributed by atoms with E-state index in [0.717, 1.165) is 23.4 Å². The number of amides is 2. The molecule has 5 rings (SSSR count). The van der Waals surface area contributed by atoms with E-state index in [-0.39, 0.29) is 35.5 Å². The molecule has 0 bridgehead atoms. The first-order chi connectivity index (χ1) is 18.9. The van der Waals surface area contributed by atoms with Gasteiger partial charge in [-0.15, -0.1) is 0 Å². The van der Waals surface area contributed by atoms with Gasteiger partial charge in [-0.2, -0.15) is 0 Å². The van der Waals surface area contributed by atoms with Crippen LogP contribution in [0.4, 0.5) is 15.8 Å². The fraction of sp³-hybridized carbons (Fsp3) is 0.355. The molecular weight excluding hydrogens is 493 g/mol. The zero-order valence-corrected chi connectivity index (χ0v) is 22.2. The Labute approximate surface area is 229 Å². The number of anilines is 2. The van der Waals surface area contributed by atoms with Crippen LogP contribution in [0.2, 0.25) is 0 Å². The first kappa shape index (κ1) is 26.7. The Morgan fingerprint density at radius 1 is 1.03 bits per heavy atom. The fourth-order valence-corrected chi connectivity index (χ4v) is 5.92. The summed E-state index contributed by atoms with van der Waals surface area (Å²) in [7, 11) is 1.81. The number of halogens is 1. The van der Waals surface area contributed by atoms with E-state index in [2.05, 4.69) is 28.1 Å². The Morgan fingerprint density at radius 2 is 1.85 bits per heavy atom. The Balaban J connectivity index is 1.29. The van der Waals surface area contributed by atoms with Crippen molar-refractivity contribution in [1.29, 1.82) is 0 Å². The Bertz CT molecular complexity index is 1320. The maximum absolute atomic E-state index is 13.8. The standard InChI is InChI=1S/C31H36FN5O2/c1-34-27-11-10-21(14-26(27)33)17-36-30(38)29-15-22(12-20-6-5-9-25(32)13-20)19-37(29)31(39)28-16-24(18-35-28)23-7-3-2-4-8-23/h2-11,13-14,22,24,28-29,34-35H,12,15-19,33H2,1H3,(H,36,38)/t22-,24-,28-,29+/m1/s1. The van der Waals surface area contributed by atoms with Crippen molar-refractivity contribution in [1.82, 2.24) is 15.5 Å². The van der Waals surface area contributed by atoms with E-state index in [9.17, 15) is 14.0 Å². The number of carbonyl (C=O) groups excluding carboxylic acids is 2. The molecule has 2 saturated heterocycles. The number of rotatable bonds is 8. The second-order valence-electron chi connectivity index (χ2n) is 10.6. The fourth-order valence-electron chi connectivity index (χ4n) is 5.92. The van der Waals surface area contributed by atoms with Gasteiger partial charge in [-0.05, 0) is 72.1 Å². The summed E-state index contributed by atoms with van der Waals surface area (Å²) in [5, 5.41) is 9.45. The van der Waals surface area contributed by atoms with Crippen LogP contribution in [0.15, 0.2) is 72.8 Å².